The highest BCUT2D eigenvalue weighted by Crippen LogP contribution is 2.31. The van der Waals surface area contributed by atoms with E-state index in [9.17, 15) is 23.1 Å². The van der Waals surface area contributed by atoms with Gasteiger partial charge >= 0.3 is 6.18 Å². The first-order valence-electron chi connectivity index (χ1n) is 7.85. The van der Waals surface area contributed by atoms with E-state index < -0.39 is 17.8 Å². The molecule has 1 fully saturated rings. The Morgan fingerprint density at radius 2 is 2.16 bits per heavy atom. The van der Waals surface area contributed by atoms with Gasteiger partial charge in [0.25, 0.3) is 0 Å². The van der Waals surface area contributed by atoms with Crippen LogP contribution in [0.25, 0.3) is 0 Å². The molecule has 1 aromatic rings. The van der Waals surface area contributed by atoms with E-state index in [-0.39, 0.29) is 43.3 Å². The molecule has 3 N–H and O–H groups in total. The Labute approximate surface area is 150 Å². The molecule has 0 bridgehead atoms. The number of alkyl halides is 3. The number of hydrogen-bond donors (Lipinski definition) is 3. The lowest BCUT2D eigenvalue weighted by atomic mass is 10.0. The van der Waals surface area contributed by atoms with Gasteiger partial charge in [0.05, 0.1) is 11.6 Å². The van der Waals surface area contributed by atoms with Crippen LogP contribution in [-0.4, -0.2) is 42.9 Å². The summed E-state index contributed by atoms with van der Waals surface area (Å²) in [6.45, 7) is 0.564. The van der Waals surface area contributed by atoms with Gasteiger partial charge in [0.15, 0.2) is 0 Å². The van der Waals surface area contributed by atoms with E-state index in [4.69, 9.17) is 4.74 Å². The molecule has 9 heteroatoms. The predicted molar refractivity (Wildman–Crippen MR) is 88.8 cm³/mol. The van der Waals surface area contributed by atoms with Crippen molar-refractivity contribution in [3.63, 3.8) is 0 Å². The molecule has 1 heterocycles. The molecule has 1 amide bonds. The minimum absolute atomic E-state index is 0. The number of aliphatic hydroxyl groups excluding tert-OH is 1. The molecular formula is C16H22ClF3N2O3. The maximum Gasteiger partial charge on any atom is 0.416 e. The third kappa shape index (κ3) is 7.09. The summed E-state index contributed by atoms with van der Waals surface area (Å²) in [6, 6.07) is 4.18. The first kappa shape index (κ1) is 21.5. The smallest absolute Gasteiger partial charge is 0.416 e. The number of carbonyl (C=O) groups excluding carboxylic acids is 1. The third-order valence-corrected chi connectivity index (χ3v) is 3.74. The van der Waals surface area contributed by atoms with Gasteiger partial charge in [0.2, 0.25) is 5.91 Å². The average Bonchev–Trinajstić information content (AvgIpc) is 2.58. The highest BCUT2D eigenvalue weighted by Gasteiger charge is 2.30. The van der Waals surface area contributed by atoms with E-state index in [0.717, 1.165) is 37.9 Å². The summed E-state index contributed by atoms with van der Waals surface area (Å²) in [5.74, 6) is -0.169. The highest BCUT2D eigenvalue weighted by atomic mass is 35.5. The molecule has 0 saturated carbocycles. The Morgan fingerprint density at radius 1 is 1.40 bits per heavy atom. The van der Waals surface area contributed by atoms with Crippen molar-refractivity contribution in [2.45, 2.75) is 37.6 Å². The fraction of sp³-hybridized carbons (Fsp3) is 0.562. The van der Waals surface area contributed by atoms with Gasteiger partial charge in [-0.15, -0.1) is 12.4 Å². The minimum Gasteiger partial charge on any atom is -0.491 e. The maximum absolute atomic E-state index is 12.6. The summed E-state index contributed by atoms with van der Waals surface area (Å²) in [4.78, 5) is 11.9. The molecule has 1 saturated heterocycles. The zero-order chi connectivity index (χ0) is 17.6. The van der Waals surface area contributed by atoms with Gasteiger partial charge in [-0.25, -0.2) is 0 Å². The van der Waals surface area contributed by atoms with Gasteiger partial charge in [-0.05, 0) is 37.6 Å². The fourth-order valence-corrected chi connectivity index (χ4v) is 2.43. The first-order chi connectivity index (χ1) is 11.4. The van der Waals surface area contributed by atoms with Gasteiger partial charge in [0, 0.05) is 6.54 Å². The van der Waals surface area contributed by atoms with Crippen LogP contribution in [0.1, 0.15) is 24.8 Å². The number of amides is 1. The van der Waals surface area contributed by atoms with E-state index in [2.05, 4.69) is 10.6 Å². The maximum atomic E-state index is 12.6. The van der Waals surface area contributed by atoms with E-state index in [1.165, 1.54) is 12.1 Å². The van der Waals surface area contributed by atoms with E-state index in [1.807, 2.05) is 0 Å². The summed E-state index contributed by atoms with van der Waals surface area (Å²) >= 11 is 0. The molecule has 5 nitrogen and oxygen atoms in total. The van der Waals surface area contributed by atoms with Crippen molar-refractivity contribution < 1.29 is 27.8 Å². The van der Waals surface area contributed by atoms with Crippen LogP contribution in [0.4, 0.5) is 13.2 Å². The molecule has 25 heavy (non-hydrogen) atoms. The molecular weight excluding hydrogens is 361 g/mol. The standard InChI is InChI=1S/C16H21F3N2O3.ClH/c17-16(18,19)11-4-3-5-13(8-11)24-10-12(22)9-21-15(23)14-6-1-2-7-20-14;/h3-5,8,12,14,20,22H,1-2,6-7,9-10H2,(H,21,23);1H. The lowest BCUT2D eigenvalue weighted by Gasteiger charge is -2.23. The van der Waals surface area contributed by atoms with Crippen molar-refractivity contribution in [1.29, 1.82) is 0 Å². The Hall–Kier alpha value is -1.51. The van der Waals surface area contributed by atoms with Crippen LogP contribution in [-0.2, 0) is 11.0 Å². The number of benzene rings is 1. The molecule has 2 unspecified atom stereocenters. The molecule has 0 aliphatic carbocycles. The van der Waals surface area contributed by atoms with Crippen LogP contribution in [0, 0.1) is 0 Å². The molecule has 0 radical (unpaired) electrons. The Balaban J connectivity index is 0.00000312. The van der Waals surface area contributed by atoms with Crippen LogP contribution in [0.5, 0.6) is 5.75 Å². The van der Waals surface area contributed by atoms with Crippen molar-refractivity contribution in [2.24, 2.45) is 0 Å². The third-order valence-electron chi connectivity index (χ3n) is 3.74. The number of halogens is 4. The summed E-state index contributed by atoms with van der Waals surface area (Å²) in [5, 5.41) is 15.5. The Kier molecular flexibility index (Phi) is 8.47. The lowest BCUT2D eigenvalue weighted by Crippen LogP contribution is -2.48. The Morgan fingerprint density at radius 3 is 2.80 bits per heavy atom. The van der Waals surface area contributed by atoms with Gasteiger partial charge in [-0.1, -0.05) is 12.5 Å². The molecule has 2 rings (SSSR count). The van der Waals surface area contributed by atoms with Crippen molar-refractivity contribution in [1.82, 2.24) is 10.6 Å². The number of ether oxygens (including phenoxy) is 1. The molecule has 1 aliphatic heterocycles. The first-order valence-corrected chi connectivity index (χ1v) is 7.85. The van der Waals surface area contributed by atoms with Crippen LogP contribution in [0.15, 0.2) is 24.3 Å². The Bertz CT molecular complexity index is 552. The number of piperidine rings is 1. The second kappa shape index (κ2) is 9.84. The van der Waals surface area contributed by atoms with Crippen LogP contribution < -0.4 is 15.4 Å². The topological polar surface area (TPSA) is 70.6 Å². The SMILES string of the molecule is Cl.O=C(NCC(O)COc1cccc(C(F)(F)F)c1)C1CCCCN1. The average molecular weight is 383 g/mol. The molecule has 0 spiro atoms. The summed E-state index contributed by atoms with van der Waals surface area (Å²) < 4.78 is 42.9. The summed E-state index contributed by atoms with van der Waals surface area (Å²) in [6.07, 6.45) is -2.68. The number of hydrogen-bond acceptors (Lipinski definition) is 4. The van der Waals surface area contributed by atoms with Crippen LogP contribution in [0.2, 0.25) is 0 Å². The highest BCUT2D eigenvalue weighted by molar-refractivity contribution is 5.85. The minimum atomic E-state index is -4.45. The molecule has 1 aliphatic rings. The molecule has 142 valence electrons. The molecule has 2 atom stereocenters. The number of aliphatic hydroxyl groups is 1. The summed E-state index contributed by atoms with van der Waals surface area (Å²) in [7, 11) is 0. The number of nitrogens with one attached hydrogen (secondary N) is 2. The van der Waals surface area contributed by atoms with Gasteiger partial charge in [-0.3, -0.25) is 4.79 Å². The van der Waals surface area contributed by atoms with Crippen molar-refractivity contribution >= 4 is 18.3 Å². The quantitative estimate of drug-likeness (QED) is 0.705. The fourth-order valence-electron chi connectivity index (χ4n) is 2.43. The lowest BCUT2D eigenvalue weighted by molar-refractivity contribution is -0.137. The summed E-state index contributed by atoms with van der Waals surface area (Å²) in [5.41, 5.74) is -0.814. The second-order valence-corrected chi connectivity index (χ2v) is 5.74. The van der Waals surface area contributed by atoms with E-state index >= 15 is 0 Å². The van der Waals surface area contributed by atoms with Gasteiger partial charge in [-0.2, -0.15) is 13.2 Å². The monoisotopic (exact) mass is 382 g/mol. The number of rotatable bonds is 6. The predicted octanol–water partition coefficient (Wildman–Crippen LogP) is 2.13. The van der Waals surface area contributed by atoms with Gasteiger partial charge < -0.3 is 20.5 Å². The van der Waals surface area contributed by atoms with Crippen molar-refractivity contribution in [3.8, 4) is 5.75 Å². The van der Waals surface area contributed by atoms with E-state index in [0.29, 0.717) is 0 Å². The number of carbonyl (C=O) groups is 1. The molecule has 1 aromatic carbocycles. The zero-order valence-electron chi connectivity index (χ0n) is 13.5. The van der Waals surface area contributed by atoms with E-state index in [1.54, 1.807) is 0 Å². The van der Waals surface area contributed by atoms with Crippen LogP contribution in [0.3, 0.4) is 0 Å². The van der Waals surface area contributed by atoms with Gasteiger partial charge in [0.1, 0.15) is 18.5 Å². The zero-order valence-corrected chi connectivity index (χ0v) is 14.3. The van der Waals surface area contributed by atoms with Crippen LogP contribution >= 0.6 is 12.4 Å². The second-order valence-electron chi connectivity index (χ2n) is 5.74. The molecule has 0 aromatic heterocycles. The van der Waals surface area contributed by atoms with Crippen molar-refractivity contribution in [2.75, 3.05) is 19.7 Å². The normalized spacial score (nSPS) is 18.8. The van der Waals surface area contributed by atoms with Crippen molar-refractivity contribution in [3.05, 3.63) is 29.8 Å². The largest absolute Gasteiger partial charge is 0.491 e.